The van der Waals surface area contributed by atoms with E-state index in [1.807, 2.05) is 36.5 Å². The molecule has 0 atom stereocenters. The van der Waals surface area contributed by atoms with Crippen molar-refractivity contribution < 1.29 is 9.47 Å². The van der Waals surface area contributed by atoms with Crippen LogP contribution in [-0.2, 0) is 0 Å². The smallest absolute Gasteiger partial charge is 0.163 e. The van der Waals surface area contributed by atoms with Crippen LogP contribution >= 0.6 is 0 Å². The monoisotopic (exact) mass is 267 g/mol. The number of ether oxygens (including phenoxy) is 2. The lowest BCUT2D eigenvalue weighted by molar-refractivity contribution is 0.171. The molecule has 0 aliphatic carbocycles. The summed E-state index contributed by atoms with van der Waals surface area (Å²) in [6.45, 7) is 1.20. The predicted octanol–water partition coefficient (Wildman–Crippen LogP) is 3.08. The number of aromatic nitrogens is 2. The van der Waals surface area contributed by atoms with Gasteiger partial charge in [-0.1, -0.05) is 0 Å². The Morgan fingerprint density at radius 1 is 1.05 bits per heavy atom. The van der Waals surface area contributed by atoms with Gasteiger partial charge < -0.3 is 19.8 Å². The van der Waals surface area contributed by atoms with Crippen LogP contribution in [0.15, 0.2) is 42.7 Å². The molecule has 0 saturated heterocycles. The van der Waals surface area contributed by atoms with Gasteiger partial charge in [0.25, 0.3) is 0 Å². The van der Waals surface area contributed by atoms with Crippen molar-refractivity contribution in [2.24, 2.45) is 0 Å². The van der Waals surface area contributed by atoms with Crippen LogP contribution < -0.4 is 14.8 Å². The summed E-state index contributed by atoms with van der Waals surface area (Å²) in [5.41, 5.74) is 2.84. The first kappa shape index (κ1) is 11.2. The van der Waals surface area contributed by atoms with Crippen molar-refractivity contribution >= 4 is 22.4 Å². The van der Waals surface area contributed by atoms with E-state index in [0.717, 1.165) is 33.9 Å². The zero-order chi connectivity index (χ0) is 13.4. The fraction of sp³-hybridized carbons (Fsp3) is 0.133. The van der Waals surface area contributed by atoms with Crippen LogP contribution in [0.2, 0.25) is 0 Å². The van der Waals surface area contributed by atoms with Gasteiger partial charge in [0, 0.05) is 29.5 Å². The van der Waals surface area contributed by atoms with E-state index in [-0.39, 0.29) is 0 Å². The van der Waals surface area contributed by atoms with Crippen molar-refractivity contribution in [3.63, 3.8) is 0 Å². The number of hydrogen-bond acceptors (Lipinski definition) is 4. The molecular weight excluding hydrogens is 254 g/mol. The van der Waals surface area contributed by atoms with Gasteiger partial charge in [-0.2, -0.15) is 0 Å². The highest BCUT2D eigenvalue weighted by Gasteiger charge is 2.12. The maximum atomic E-state index is 5.59. The molecule has 2 N–H and O–H groups in total. The summed E-state index contributed by atoms with van der Waals surface area (Å²) >= 11 is 0. The largest absolute Gasteiger partial charge is 0.486 e. The minimum atomic E-state index is 0.591. The maximum absolute atomic E-state index is 5.59. The number of hydrogen-bond donors (Lipinski definition) is 2. The zero-order valence-corrected chi connectivity index (χ0v) is 10.7. The fourth-order valence-corrected chi connectivity index (χ4v) is 2.35. The minimum absolute atomic E-state index is 0.591. The number of fused-ring (bicyclic) bond motifs is 2. The molecule has 0 fully saturated rings. The van der Waals surface area contributed by atoms with Crippen LogP contribution in [0.3, 0.4) is 0 Å². The number of benzene rings is 1. The number of nitrogens with zero attached hydrogens (tertiary/aromatic N) is 1. The van der Waals surface area contributed by atoms with E-state index in [1.165, 1.54) is 0 Å². The molecule has 20 heavy (non-hydrogen) atoms. The maximum Gasteiger partial charge on any atom is 0.163 e. The molecule has 0 unspecified atom stereocenters. The van der Waals surface area contributed by atoms with E-state index in [1.54, 1.807) is 6.20 Å². The Morgan fingerprint density at radius 2 is 1.95 bits per heavy atom. The summed E-state index contributed by atoms with van der Waals surface area (Å²) in [6, 6.07) is 9.81. The molecule has 0 spiro atoms. The minimum Gasteiger partial charge on any atom is -0.486 e. The van der Waals surface area contributed by atoms with Gasteiger partial charge in [-0.25, -0.2) is 4.98 Å². The summed E-state index contributed by atoms with van der Waals surface area (Å²) in [5, 5.41) is 4.45. The van der Waals surface area contributed by atoms with Gasteiger partial charge in [-0.3, -0.25) is 0 Å². The van der Waals surface area contributed by atoms with E-state index in [2.05, 4.69) is 15.3 Å². The Morgan fingerprint density at radius 3 is 2.90 bits per heavy atom. The summed E-state index contributed by atoms with van der Waals surface area (Å²) in [4.78, 5) is 7.37. The van der Waals surface area contributed by atoms with Gasteiger partial charge in [0.05, 0.1) is 5.69 Å². The van der Waals surface area contributed by atoms with E-state index in [4.69, 9.17) is 9.47 Å². The van der Waals surface area contributed by atoms with Gasteiger partial charge in [0.2, 0.25) is 0 Å². The molecule has 4 rings (SSSR count). The first-order valence-electron chi connectivity index (χ1n) is 6.49. The van der Waals surface area contributed by atoms with E-state index in [0.29, 0.717) is 13.2 Å². The molecule has 100 valence electrons. The SMILES string of the molecule is c1cc(Nc2ccc3c(c2)OCCO3)c2cc[nH]c2n1. The van der Waals surface area contributed by atoms with Crippen LogP contribution in [0, 0.1) is 0 Å². The molecule has 1 aromatic carbocycles. The summed E-state index contributed by atoms with van der Waals surface area (Å²) in [5.74, 6) is 1.57. The standard InChI is InChI=1S/C15H13N3O2/c1-2-13-14(20-8-7-19-13)9-10(1)18-12-4-6-17-15-11(12)3-5-16-15/h1-6,9H,7-8H2,(H2,16,17,18). The number of anilines is 2. The molecule has 0 bridgehead atoms. The molecular formula is C15H13N3O2. The molecule has 3 heterocycles. The zero-order valence-electron chi connectivity index (χ0n) is 10.7. The van der Waals surface area contributed by atoms with E-state index < -0.39 is 0 Å². The topological polar surface area (TPSA) is 59.2 Å². The Labute approximate surface area is 115 Å². The number of pyridine rings is 1. The van der Waals surface area contributed by atoms with Gasteiger partial charge in [-0.05, 0) is 24.3 Å². The summed E-state index contributed by atoms with van der Waals surface area (Å²) in [6.07, 6.45) is 3.66. The van der Waals surface area contributed by atoms with Crippen LogP contribution in [0.4, 0.5) is 11.4 Å². The van der Waals surface area contributed by atoms with Crippen molar-refractivity contribution in [3.05, 3.63) is 42.7 Å². The molecule has 0 amide bonds. The molecule has 1 aliphatic rings. The predicted molar refractivity (Wildman–Crippen MR) is 76.8 cm³/mol. The second-order valence-electron chi connectivity index (χ2n) is 4.58. The molecule has 0 radical (unpaired) electrons. The average molecular weight is 267 g/mol. The van der Waals surface area contributed by atoms with E-state index in [9.17, 15) is 0 Å². The summed E-state index contributed by atoms with van der Waals surface area (Å²) < 4.78 is 11.1. The van der Waals surface area contributed by atoms with Crippen molar-refractivity contribution in [2.45, 2.75) is 0 Å². The first-order chi connectivity index (χ1) is 9.90. The molecule has 5 heteroatoms. The Balaban J connectivity index is 1.70. The highest BCUT2D eigenvalue weighted by molar-refractivity contribution is 5.91. The number of rotatable bonds is 2. The Kier molecular flexibility index (Phi) is 2.48. The van der Waals surface area contributed by atoms with Gasteiger partial charge in [0.1, 0.15) is 18.9 Å². The molecule has 2 aromatic heterocycles. The van der Waals surface area contributed by atoms with Crippen LogP contribution in [-0.4, -0.2) is 23.2 Å². The Hall–Kier alpha value is -2.69. The van der Waals surface area contributed by atoms with Gasteiger partial charge in [-0.15, -0.1) is 0 Å². The van der Waals surface area contributed by atoms with Crippen LogP contribution in [0.5, 0.6) is 11.5 Å². The number of nitrogens with one attached hydrogen (secondary N) is 2. The lowest BCUT2D eigenvalue weighted by atomic mass is 10.2. The second kappa shape index (κ2) is 4.45. The van der Waals surface area contributed by atoms with Crippen LogP contribution in [0.1, 0.15) is 0 Å². The van der Waals surface area contributed by atoms with Crippen molar-refractivity contribution in [3.8, 4) is 11.5 Å². The lowest BCUT2D eigenvalue weighted by Gasteiger charge is -2.19. The number of aromatic amines is 1. The molecule has 0 saturated carbocycles. The summed E-state index contributed by atoms with van der Waals surface area (Å²) in [7, 11) is 0. The van der Waals surface area contributed by atoms with Crippen molar-refractivity contribution in [2.75, 3.05) is 18.5 Å². The average Bonchev–Trinajstić information content (AvgIpc) is 2.97. The first-order valence-corrected chi connectivity index (χ1v) is 6.49. The normalized spacial score (nSPS) is 13.4. The molecule has 3 aromatic rings. The van der Waals surface area contributed by atoms with Crippen molar-refractivity contribution in [1.82, 2.24) is 9.97 Å². The third-order valence-electron chi connectivity index (χ3n) is 3.28. The lowest BCUT2D eigenvalue weighted by Crippen LogP contribution is -2.15. The molecule has 1 aliphatic heterocycles. The van der Waals surface area contributed by atoms with Crippen molar-refractivity contribution in [1.29, 1.82) is 0 Å². The third-order valence-corrected chi connectivity index (χ3v) is 3.28. The highest BCUT2D eigenvalue weighted by Crippen LogP contribution is 2.34. The molecule has 5 nitrogen and oxygen atoms in total. The Bertz CT molecular complexity index is 767. The third kappa shape index (κ3) is 1.84. The quantitative estimate of drug-likeness (QED) is 0.749. The van der Waals surface area contributed by atoms with Gasteiger partial charge >= 0.3 is 0 Å². The second-order valence-corrected chi connectivity index (χ2v) is 4.58. The fourth-order valence-electron chi connectivity index (χ4n) is 2.35. The van der Waals surface area contributed by atoms with Crippen LogP contribution in [0.25, 0.3) is 11.0 Å². The highest BCUT2D eigenvalue weighted by atomic mass is 16.6. The van der Waals surface area contributed by atoms with Gasteiger partial charge in [0.15, 0.2) is 11.5 Å². The number of H-pyrrole nitrogens is 1. The van der Waals surface area contributed by atoms with E-state index >= 15 is 0 Å².